The molecule has 1 N–H and O–H groups in total. The zero-order valence-corrected chi connectivity index (χ0v) is 17.7. The van der Waals surface area contributed by atoms with Crippen molar-refractivity contribution in [1.29, 1.82) is 0 Å². The highest BCUT2D eigenvalue weighted by Gasteiger charge is 2.25. The minimum atomic E-state index is -0.0676. The number of amides is 1. The van der Waals surface area contributed by atoms with Crippen molar-refractivity contribution in [1.82, 2.24) is 9.97 Å². The second kappa shape index (κ2) is 8.47. The Labute approximate surface area is 179 Å². The fourth-order valence-corrected chi connectivity index (χ4v) is 4.47. The summed E-state index contributed by atoms with van der Waals surface area (Å²) in [5.74, 6) is -0.0676. The first-order valence-electron chi connectivity index (χ1n) is 9.61. The summed E-state index contributed by atoms with van der Waals surface area (Å²) in [6.45, 7) is 6.38. The molecule has 4 aromatic rings. The number of hydrogen-bond donors (Lipinski definition) is 1. The molecule has 0 saturated carbocycles. The van der Waals surface area contributed by atoms with E-state index in [1.165, 1.54) is 11.3 Å². The van der Waals surface area contributed by atoms with Crippen molar-refractivity contribution in [2.24, 2.45) is 0 Å². The molecule has 1 amide bonds. The molecule has 0 aliphatic rings. The van der Waals surface area contributed by atoms with Crippen LogP contribution in [0.2, 0.25) is 0 Å². The van der Waals surface area contributed by atoms with Crippen LogP contribution in [0.5, 0.6) is 0 Å². The maximum atomic E-state index is 13.6. The summed E-state index contributed by atoms with van der Waals surface area (Å²) in [4.78, 5) is 25.7. The van der Waals surface area contributed by atoms with E-state index in [1.54, 1.807) is 17.3 Å². The van der Waals surface area contributed by atoms with Gasteiger partial charge in [0.1, 0.15) is 9.71 Å². The summed E-state index contributed by atoms with van der Waals surface area (Å²) in [5.41, 5.74) is 4.41. The van der Waals surface area contributed by atoms with Gasteiger partial charge in [0.05, 0.1) is 11.4 Å². The van der Waals surface area contributed by atoms with Crippen molar-refractivity contribution >= 4 is 38.8 Å². The van der Waals surface area contributed by atoms with Crippen molar-refractivity contribution in [3.63, 3.8) is 0 Å². The first-order valence-corrected chi connectivity index (χ1v) is 10.4. The highest BCUT2D eigenvalue weighted by atomic mass is 32.1. The van der Waals surface area contributed by atoms with Crippen LogP contribution in [0.15, 0.2) is 79.1 Å². The number of benzene rings is 1. The Morgan fingerprint density at radius 2 is 1.83 bits per heavy atom. The Morgan fingerprint density at radius 1 is 1.10 bits per heavy atom. The van der Waals surface area contributed by atoms with Crippen LogP contribution in [0.3, 0.4) is 0 Å². The maximum Gasteiger partial charge on any atom is 0.270 e. The van der Waals surface area contributed by atoms with Crippen molar-refractivity contribution in [3.8, 4) is 11.3 Å². The molecule has 6 heteroatoms. The number of anilines is 2. The molecule has 30 heavy (non-hydrogen) atoms. The van der Waals surface area contributed by atoms with Gasteiger partial charge in [0.25, 0.3) is 5.91 Å². The van der Waals surface area contributed by atoms with E-state index in [2.05, 4.69) is 16.9 Å². The molecule has 0 unspecified atom stereocenters. The van der Waals surface area contributed by atoms with Gasteiger partial charge < -0.3 is 10.2 Å². The summed E-state index contributed by atoms with van der Waals surface area (Å²) in [6.07, 6.45) is 3.50. The summed E-state index contributed by atoms with van der Waals surface area (Å²) in [5, 5.41) is 4.15. The van der Waals surface area contributed by atoms with Crippen LogP contribution >= 0.6 is 11.3 Å². The molecule has 4 rings (SSSR count). The summed E-state index contributed by atoms with van der Waals surface area (Å²) < 4.78 is 0. The smallest absolute Gasteiger partial charge is 0.270 e. The molecule has 0 saturated heterocycles. The molecule has 150 valence electrons. The third kappa shape index (κ3) is 3.82. The average molecular weight is 415 g/mol. The fraction of sp³-hybridized carbons (Fsp3) is 0.125. The number of nitrogens with zero attached hydrogens (tertiary/aromatic N) is 3. The number of para-hydroxylation sites is 1. The van der Waals surface area contributed by atoms with Gasteiger partial charge in [-0.15, -0.1) is 11.3 Å². The monoisotopic (exact) mass is 414 g/mol. The summed E-state index contributed by atoms with van der Waals surface area (Å²) >= 11 is 1.41. The molecule has 0 bridgehead atoms. The first kappa shape index (κ1) is 19.8. The number of carbonyl (C=O) groups excluding carboxylic acids is 1. The lowest BCUT2D eigenvalue weighted by molar-refractivity contribution is 0.0993. The summed E-state index contributed by atoms with van der Waals surface area (Å²) in [7, 11) is 1.83. The number of fused-ring (bicyclic) bond motifs is 1. The third-order valence-electron chi connectivity index (χ3n) is 4.72. The molecule has 3 heterocycles. The molecule has 5 nitrogen and oxygen atoms in total. The van der Waals surface area contributed by atoms with E-state index < -0.39 is 0 Å². The molecule has 0 atom stereocenters. The van der Waals surface area contributed by atoms with Crippen LogP contribution in [-0.2, 0) is 0 Å². The van der Waals surface area contributed by atoms with E-state index in [9.17, 15) is 4.79 Å². The van der Waals surface area contributed by atoms with E-state index >= 15 is 0 Å². The summed E-state index contributed by atoms with van der Waals surface area (Å²) in [6, 6.07) is 17.5. The van der Waals surface area contributed by atoms with Crippen molar-refractivity contribution in [2.45, 2.75) is 6.92 Å². The molecule has 0 spiro atoms. The van der Waals surface area contributed by atoms with Crippen molar-refractivity contribution in [3.05, 3.63) is 84.0 Å². The second-order valence-corrected chi connectivity index (χ2v) is 8.02. The van der Waals surface area contributed by atoms with Gasteiger partial charge in [-0.25, -0.2) is 4.98 Å². The predicted molar refractivity (Wildman–Crippen MR) is 125 cm³/mol. The van der Waals surface area contributed by atoms with Gasteiger partial charge in [-0.1, -0.05) is 30.4 Å². The number of aromatic nitrogens is 2. The lowest BCUT2D eigenvalue weighted by Gasteiger charge is -2.23. The van der Waals surface area contributed by atoms with E-state index in [0.717, 1.165) is 38.4 Å². The van der Waals surface area contributed by atoms with Gasteiger partial charge >= 0.3 is 0 Å². The minimum absolute atomic E-state index is 0.0676. The second-order valence-electron chi connectivity index (χ2n) is 7.03. The SMILES string of the molecule is C=C(C)CN(C(=O)c1sc2nc(-c3ccncc3)ccc2c1NC)c1ccccc1. The largest absolute Gasteiger partial charge is 0.386 e. The van der Waals surface area contributed by atoms with Crippen LogP contribution in [0.25, 0.3) is 21.5 Å². The van der Waals surface area contributed by atoms with Gasteiger partial charge in [0.15, 0.2) is 0 Å². The highest BCUT2D eigenvalue weighted by molar-refractivity contribution is 7.21. The zero-order valence-electron chi connectivity index (χ0n) is 16.9. The standard InChI is InChI=1S/C24H22N4OS/c1-16(2)15-28(18-7-5-4-6-8-18)24(29)22-21(25-3)19-9-10-20(27-23(19)30-22)17-11-13-26-14-12-17/h4-14,25H,1,15H2,2-3H3. The van der Waals surface area contributed by atoms with Crippen LogP contribution in [0, 0.1) is 0 Å². The number of thiophene rings is 1. The maximum absolute atomic E-state index is 13.6. The van der Waals surface area contributed by atoms with Gasteiger partial charge in [-0.05, 0) is 43.3 Å². The molecule has 1 aromatic carbocycles. The van der Waals surface area contributed by atoms with Crippen molar-refractivity contribution < 1.29 is 4.79 Å². The Morgan fingerprint density at radius 3 is 2.50 bits per heavy atom. The van der Waals surface area contributed by atoms with E-state index in [0.29, 0.717) is 11.4 Å². The number of pyridine rings is 2. The number of nitrogens with one attached hydrogen (secondary N) is 1. The molecule has 0 radical (unpaired) electrons. The number of rotatable bonds is 6. The third-order valence-corrected chi connectivity index (χ3v) is 5.80. The predicted octanol–water partition coefficient (Wildman–Crippen LogP) is 5.62. The van der Waals surface area contributed by atoms with Gasteiger partial charge in [0, 0.05) is 42.6 Å². The Bertz CT molecular complexity index is 1200. The van der Waals surface area contributed by atoms with E-state index in [1.807, 2.05) is 68.6 Å². The average Bonchev–Trinajstić information content (AvgIpc) is 3.16. The van der Waals surface area contributed by atoms with Crippen LogP contribution < -0.4 is 10.2 Å². The highest BCUT2D eigenvalue weighted by Crippen LogP contribution is 2.37. The minimum Gasteiger partial charge on any atom is -0.386 e. The quantitative estimate of drug-likeness (QED) is 0.416. The van der Waals surface area contributed by atoms with Gasteiger partial charge in [-0.3, -0.25) is 9.78 Å². The zero-order chi connectivity index (χ0) is 21.1. The van der Waals surface area contributed by atoms with E-state index in [4.69, 9.17) is 4.98 Å². The van der Waals surface area contributed by atoms with Gasteiger partial charge in [-0.2, -0.15) is 0 Å². The molecule has 3 aromatic heterocycles. The molecular formula is C24H22N4OS. The molecular weight excluding hydrogens is 392 g/mol. The number of carbonyl (C=O) groups is 1. The Hall–Kier alpha value is -3.51. The Balaban J connectivity index is 1.80. The Kier molecular flexibility index (Phi) is 5.59. The molecule has 0 aliphatic carbocycles. The van der Waals surface area contributed by atoms with E-state index in [-0.39, 0.29) is 5.91 Å². The fourth-order valence-electron chi connectivity index (χ4n) is 3.34. The normalized spacial score (nSPS) is 10.7. The van der Waals surface area contributed by atoms with Gasteiger partial charge in [0.2, 0.25) is 0 Å². The number of hydrogen-bond acceptors (Lipinski definition) is 5. The van der Waals surface area contributed by atoms with Crippen molar-refractivity contribution in [2.75, 3.05) is 23.8 Å². The topological polar surface area (TPSA) is 58.1 Å². The molecule has 0 aliphatic heterocycles. The van der Waals surface area contributed by atoms with Crippen LogP contribution in [0.4, 0.5) is 11.4 Å². The lowest BCUT2D eigenvalue weighted by atomic mass is 10.1. The first-order chi connectivity index (χ1) is 14.6. The van der Waals surface area contributed by atoms with Crippen LogP contribution in [0.1, 0.15) is 16.6 Å². The lowest BCUT2D eigenvalue weighted by Crippen LogP contribution is -2.32. The van der Waals surface area contributed by atoms with Crippen LogP contribution in [-0.4, -0.2) is 29.5 Å². The molecule has 0 fully saturated rings.